The first-order valence-corrected chi connectivity index (χ1v) is 7.14. The van der Waals surface area contributed by atoms with Crippen LogP contribution in [0.25, 0.3) is 0 Å². The standard InChI is InChI=1S/C14H14FNO3S/c1-2-19-14(18)7-13-16(12(17)9-20-13)8-10-3-5-11(15)6-4-10/h3-7H,2,8-9H2,1H3/b13-7+. The Kier molecular flexibility index (Phi) is 4.79. The Balaban J connectivity index is 2.12. The molecular weight excluding hydrogens is 281 g/mol. The molecule has 4 nitrogen and oxygen atoms in total. The van der Waals surface area contributed by atoms with E-state index in [-0.39, 0.29) is 11.7 Å². The van der Waals surface area contributed by atoms with E-state index in [0.717, 1.165) is 5.56 Å². The SMILES string of the molecule is CCOC(=O)/C=C1/SCC(=O)N1Cc1ccc(F)cc1. The van der Waals surface area contributed by atoms with Crippen LogP contribution in [-0.2, 0) is 20.9 Å². The third kappa shape index (κ3) is 3.60. The first kappa shape index (κ1) is 14.6. The fourth-order valence-corrected chi connectivity index (χ4v) is 2.69. The van der Waals surface area contributed by atoms with Crippen molar-refractivity contribution in [1.29, 1.82) is 0 Å². The second-order valence-corrected chi connectivity index (χ2v) is 5.13. The molecule has 0 radical (unpaired) electrons. The van der Waals surface area contributed by atoms with Crippen LogP contribution in [0, 0.1) is 5.82 Å². The summed E-state index contributed by atoms with van der Waals surface area (Å²) in [6, 6.07) is 5.93. The number of esters is 1. The fourth-order valence-electron chi connectivity index (χ4n) is 1.76. The molecule has 0 bridgehead atoms. The van der Waals surface area contributed by atoms with Crippen molar-refractivity contribution >= 4 is 23.6 Å². The number of carbonyl (C=O) groups excluding carboxylic acids is 2. The minimum atomic E-state index is -0.464. The van der Waals surface area contributed by atoms with E-state index in [1.54, 1.807) is 19.1 Å². The van der Waals surface area contributed by atoms with E-state index in [9.17, 15) is 14.0 Å². The molecule has 1 fully saturated rings. The number of ether oxygens (including phenoxy) is 1. The largest absolute Gasteiger partial charge is 0.463 e. The molecule has 0 aromatic heterocycles. The molecule has 0 saturated carbocycles. The lowest BCUT2D eigenvalue weighted by Crippen LogP contribution is -2.24. The molecule has 1 aliphatic heterocycles. The van der Waals surface area contributed by atoms with Crippen molar-refractivity contribution in [2.45, 2.75) is 13.5 Å². The van der Waals surface area contributed by atoms with Gasteiger partial charge in [0.15, 0.2) is 0 Å². The first-order valence-electron chi connectivity index (χ1n) is 6.16. The summed E-state index contributed by atoms with van der Waals surface area (Å²) < 4.78 is 17.7. The van der Waals surface area contributed by atoms with Gasteiger partial charge in [-0.2, -0.15) is 0 Å². The van der Waals surface area contributed by atoms with Gasteiger partial charge in [0.05, 0.1) is 30.0 Å². The molecular formula is C14H14FNO3S. The zero-order valence-corrected chi connectivity index (χ0v) is 11.8. The van der Waals surface area contributed by atoms with Crippen LogP contribution in [0.4, 0.5) is 4.39 Å². The van der Waals surface area contributed by atoms with Crippen molar-refractivity contribution in [3.8, 4) is 0 Å². The van der Waals surface area contributed by atoms with Crippen LogP contribution in [-0.4, -0.2) is 29.1 Å². The number of hydrogen-bond acceptors (Lipinski definition) is 4. The number of halogens is 1. The second kappa shape index (κ2) is 6.56. The molecule has 0 unspecified atom stereocenters. The lowest BCUT2D eigenvalue weighted by atomic mass is 10.2. The number of benzene rings is 1. The Labute approximate surface area is 120 Å². The molecule has 1 amide bonds. The highest BCUT2D eigenvalue weighted by Crippen LogP contribution is 2.30. The van der Waals surface area contributed by atoms with Crippen LogP contribution in [0.3, 0.4) is 0 Å². The molecule has 1 aromatic rings. The third-order valence-corrected chi connectivity index (χ3v) is 3.72. The highest BCUT2D eigenvalue weighted by Gasteiger charge is 2.27. The molecule has 0 aliphatic carbocycles. The summed E-state index contributed by atoms with van der Waals surface area (Å²) in [6.07, 6.45) is 1.32. The Morgan fingerprint density at radius 2 is 2.15 bits per heavy atom. The number of nitrogens with zero attached hydrogens (tertiary/aromatic N) is 1. The molecule has 1 aromatic carbocycles. The van der Waals surface area contributed by atoms with Crippen molar-refractivity contribution < 1.29 is 18.7 Å². The van der Waals surface area contributed by atoms with Gasteiger partial charge in [-0.15, -0.1) is 0 Å². The molecule has 2 rings (SSSR count). The van der Waals surface area contributed by atoms with Gasteiger partial charge in [-0.1, -0.05) is 23.9 Å². The van der Waals surface area contributed by atoms with Crippen LogP contribution < -0.4 is 0 Å². The summed E-state index contributed by atoms with van der Waals surface area (Å²) in [5, 5.41) is 0.567. The average Bonchev–Trinajstić information content (AvgIpc) is 2.74. The van der Waals surface area contributed by atoms with E-state index in [2.05, 4.69) is 0 Å². The monoisotopic (exact) mass is 295 g/mol. The van der Waals surface area contributed by atoms with E-state index in [0.29, 0.717) is 23.9 Å². The molecule has 0 atom stereocenters. The van der Waals surface area contributed by atoms with Gasteiger partial charge in [0.1, 0.15) is 5.82 Å². The van der Waals surface area contributed by atoms with Crippen LogP contribution in [0.5, 0.6) is 0 Å². The van der Waals surface area contributed by atoms with E-state index in [1.807, 2.05) is 0 Å². The van der Waals surface area contributed by atoms with Gasteiger partial charge in [0.2, 0.25) is 5.91 Å². The molecule has 6 heteroatoms. The molecule has 20 heavy (non-hydrogen) atoms. The summed E-state index contributed by atoms with van der Waals surface area (Å²) in [5.74, 6) is -0.561. The third-order valence-electron chi connectivity index (χ3n) is 2.69. The van der Waals surface area contributed by atoms with Gasteiger partial charge < -0.3 is 9.64 Å². The number of thioether (sulfide) groups is 1. The van der Waals surface area contributed by atoms with Crippen LogP contribution in [0.15, 0.2) is 35.4 Å². The number of carbonyl (C=O) groups is 2. The smallest absolute Gasteiger partial charge is 0.333 e. The van der Waals surface area contributed by atoms with Gasteiger partial charge in [-0.3, -0.25) is 4.79 Å². The van der Waals surface area contributed by atoms with Gasteiger partial charge in [0.25, 0.3) is 0 Å². The van der Waals surface area contributed by atoms with E-state index in [4.69, 9.17) is 4.74 Å². The molecule has 0 N–H and O–H groups in total. The lowest BCUT2D eigenvalue weighted by molar-refractivity contribution is -0.137. The minimum Gasteiger partial charge on any atom is -0.463 e. The molecule has 0 spiro atoms. The minimum absolute atomic E-state index is 0.0742. The average molecular weight is 295 g/mol. The Morgan fingerprint density at radius 1 is 1.45 bits per heavy atom. The predicted molar refractivity (Wildman–Crippen MR) is 74.1 cm³/mol. The maximum atomic E-state index is 12.9. The zero-order valence-electron chi connectivity index (χ0n) is 11.0. The Morgan fingerprint density at radius 3 is 2.80 bits per heavy atom. The molecule has 106 valence electrons. The van der Waals surface area contributed by atoms with Crippen molar-refractivity contribution in [2.24, 2.45) is 0 Å². The highest BCUT2D eigenvalue weighted by molar-refractivity contribution is 8.04. The van der Waals surface area contributed by atoms with Gasteiger partial charge in [0, 0.05) is 0 Å². The van der Waals surface area contributed by atoms with E-state index < -0.39 is 5.97 Å². The number of rotatable bonds is 4. The second-order valence-electron chi connectivity index (χ2n) is 4.13. The quantitative estimate of drug-likeness (QED) is 0.631. The van der Waals surface area contributed by atoms with Crippen LogP contribution >= 0.6 is 11.8 Å². The maximum absolute atomic E-state index is 12.9. The van der Waals surface area contributed by atoms with E-state index in [1.165, 1.54) is 34.9 Å². The molecule has 1 saturated heterocycles. The zero-order chi connectivity index (χ0) is 14.5. The summed E-state index contributed by atoms with van der Waals surface area (Å²) >= 11 is 1.30. The maximum Gasteiger partial charge on any atom is 0.333 e. The summed E-state index contributed by atoms with van der Waals surface area (Å²) in [4.78, 5) is 24.8. The summed E-state index contributed by atoms with van der Waals surface area (Å²) in [5.41, 5.74) is 0.803. The van der Waals surface area contributed by atoms with Crippen molar-refractivity contribution in [3.63, 3.8) is 0 Å². The van der Waals surface area contributed by atoms with Gasteiger partial charge in [-0.05, 0) is 24.6 Å². The summed E-state index contributed by atoms with van der Waals surface area (Å²) in [7, 11) is 0. The normalized spacial score (nSPS) is 16.8. The fraction of sp³-hybridized carbons (Fsp3) is 0.286. The van der Waals surface area contributed by atoms with Gasteiger partial charge >= 0.3 is 5.97 Å². The topological polar surface area (TPSA) is 46.6 Å². The highest BCUT2D eigenvalue weighted by atomic mass is 32.2. The first-order chi connectivity index (χ1) is 9.60. The van der Waals surface area contributed by atoms with Crippen LogP contribution in [0.2, 0.25) is 0 Å². The predicted octanol–water partition coefficient (Wildman–Crippen LogP) is 2.31. The lowest BCUT2D eigenvalue weighted by Gasteiger charge is -2.17. The summed E-state index contributed by atoms with van der Waals surface area (Å²) in [6.45, 7) is 2.33. The Hall–Kier alpha value is -1.82. The number of amides is 1. The molecule has 1 aliphatic rings. The van der Waals surface area contributed by atoms with Crippen molar-refractivity contribution in [1.82, 2.24) is 4.90 Å². The van der Waals surface area contributed by atoms with Crippen LogP contribution in [0.1, 0.15) is 12.5 Å². The van der Waals surface area contributed by atoms with Gasteiger partial charge in [-0.25, -0.2) is 9.18 Å². The molecule has 1 heterocycles. The van der Waals surface area contributed by atoms with Crippen molar-refractivity contribution in [3.05, 3.63) is 46.8 Å². The van der Waals surface area contributed by atoms with E-state index >= 15 is 0 Å². The number of hydrogen-bond donors (Lipinski definition) is 0. The Bertz CT molecular complexity index is 542. The van der Waals surface area contributed by atoms with Crippen molar-refractivity contribution in [2.75, 3.05) is 12.4 Å².